The molecule has 0 fully saturated rings. The molecule has 0 heterocycles. The molecule has 5 heteroatoms. The highest BCUT2D eigenvalue weighted by Gasteiger charge is 2.13. The van der Waals surface area contributed by atoms with Crippen molar-refractivity contribution >= 4 is 29.4 Å². The molecule has 0 bridgehead atoms. The highest BCUT2D eigenvalue weighted by Crippen LogP contribution is 2.27. The number of carbonyl (C=O) groups is 1. The summed E-state index contributed by atoms with van der Waals surface area (Å²) in [5.41, 5.74) is 1.20. The average molecular weight is 278 g/mol. The number of benzene rings is 1. The van der Waals surface area contributed by atoms with E-state index in [0.717, 1.165) is 9.80 Å². The Morgan fingerprint density at radius 2 is 1.89 bits per heavy atom. The molecule has 1 rings (SSSR count). The summed E-state index contributed by atoms with van der Waals surface area (Å²) >= 11 is 2.82. The minimum atomic E-state index is -0.319. The van der Waals surface area contributed by atoms with Gasteiger partial charge in [0.25, 0.3) is 5.91 Å². The van der Waals surface area contributed by atoms with Crippen molar-refractivity contribution in [3.63, 3.8) is 0 Å². The molecular formula is C13H14N2OS2. The van der Waals surface area contributed by atoms with E-state index in [1.807, 2.05) is 48.9 Å². The molecule has 0 radical (unpaired) electrons. The number of thioether (sulfide) groups is 2. The van der Waals surface area contributed by atoms with Crippen LogP contribution < -0.4 is 5.32 Å². The fraction of sp³-hybridized carbons (Fsp3) is 0.231. The molecule has 1 N–H and O–H groups in total. The molecule has 0 aliphatic heterocycles. The van der Waals surface area contributed by atoms with Crippen LogP contribution in [0.5, 0.6) is 0 Å². The Morgan fingerprint density at radius 3 is 2.39 bits per heavy atom. The maximum Gasteiger partial charge on any atom is 0.263 e. The minimum absolute atomic E-state index is 0.186. The summed E-state index contributed by atoms with van der Waals surface area (Å²) in [4.78, 5) is 11.9. The van der Waals surface area contributed by atoms with Crippen molar-refractivity contribution in [2.24, 2.45) is 0 Å². The molecule has 0 aromatic heterocycles. The van der Waals surface area contributed by atoms with Crippen LogP contribution in [0.15, 0.2) is 40.1 Å². The number of hydrogen-bond acceptors (Lipinski definition) is 4. The van der Waals surface area contributed by atoms with Gasteiger partial charge in [0.2, 0.25) is 0 Å². The van der Waals surface area contributed by atoms with Gasteiger partial charge in [-0.1, -0.05) is 30.3 Å². The van der Waals surface area contributed by atoms with Gasteiger partial charge in [-0.2, -0.15) is 5.26 Å². The highest BCUT2D eigenvalue weighted by molar-refractivity contribution is 8.21. The van der Waals surface area contributed by atoms with Gasteiger partial charge in [-0.15, -0.1) is 23.5 Å². The van der Waals surface area contributed by atoms with E-state index in [0.29, 0.717) is 6.54 Å². The maximum absolute atomic E-state index is 11.9. The molecule has 1 aromatic rings. The first-order chi connectivity index (χ1) is 8.72. The number of nitrogens with zero attached hydrogens (tertiary/aromatic N) is 1. The van der Waals surface area contributed by atoms with Crippen LogP contribution in [-0.4, -0.2) is 18.4 Å². The number of hydrogen-bond donors (Lipinski definition) is 1. The second kappa shape index (κ2) is 7.85. The number of amides is 1. The van der Waals surface area contributed by atoms with Crippen LogP contribution in [0.1, 0.15) is 5.56 Å². The van der Waals surface area contributed by atoms with Crippen molar-refractivity contribution in [3.05, 3.63) is 45.7 Å². The molecular weight excluding hydrogens is 264 g/mol. The smallest absolute Gasteiger partial charge is 0.263 e. The second-order valence-corrected chi connectivity index (χ2v) is 5.24. The molecule has 1 aromatic carbocycles. The number of nitriles is 1. The Balaban J connectivity index is 2.71. The lowest BCUT2D eigenvalue weighted by Crippen LogP contribution is -2.24. The van der Waals surface area contributed by atoms with Gasteiger partial charge in [0.15, 0.2) is 0 Å². The summed E-state index contributed by atoms with van der Waals surface area (Å²) in [7, 11) is 0. The van der Waals surface area contributed by atoms with Gasteiger partial charge in [-0.3, -0.25) is 4.79 Å². The second-order valence-electron chi connectivity index (χ2n) is 3.35. The SMILES string of the molecule is CSC(SC)=C(C#N)C(=O)NCc1ccccc1. The Labute approximate surface area is 116 Å². The zero-order chi connectivity index (χ0) is 13.4. The van der Waals surface area contributed by atoms with Crippen LogP contribution in [0.25, 0.3) is 0 Å². The van der Waals surface area contributed by atoms with Crippen LogP contribution >= 0.6 is 23.5 Å². The van der Waals surface area contributed by atoms with E-state index in [-0.39, 0.29) is 11.5 Å². The van der Waals surface area contributed by atoms with Crippen LogP contribution in [0.3, 0.4) is 0 Å². The monoisotopic (exact) mass is 278 g/mol. The molecule has 0 unspecified atom stereocenters. The molecule has 0 atom stereocenters. The Bertz CT molecular complexity index is 472. The summed E-state index contributed by atoms with van der Waals surface area (Å²) in [6.45, 7) is 0.431. The lowest BCUT2D eigenvalue weighted by atomic mass is 10.2. The summed E-state index contributed by atoms with van der Waals surface area (Å²) < 4.78 is 0.739. The molecule has 18 heavy (non-hydrogen) atoms. The molecule has 0 saturated heterocycles. The van der Waals surface area contributed by atoms with Crippen LogP contribution in [0.2, 0.25) is 0 Å². The molecule has 1 amide bonds. The van der Waals surface area contributed by atoms with E-state index in [2.05, 4.69) is 5.32 Å². The molecule has 0 spiro atoms. The normalized spacial score (nSPS) is 9.39. The van der Waals surface area contributed by atoms with Crippen molar-refractivity contribution in [3.8, 4) is 6.07 Å². The van der Waals surface area contributed by atoms with Crippen molar-refractivity contribution in [1.29, 1.82) is 5.26 Å². The molecule has 3 nitrogen and oxygen atoms in total. The van der Waals surface area contributed by atoms with Crippen LogP contribution in [0, 0.1) is 11.3 Å². The number of rotatable bonds is 5. The van der Waals surface area contributed by atoms with E-state index in [1.165, 1.54) is 23.5 Å². The first kappa shape index (κ1) is 14.7. The predicted molar refractivity (Wildman–Crippen MR) is 78.0 cm³/mol. The van der Waals surface area contributed by atoms with Crippen LogP contribution in [-0.2, 0) is 11.3 Å². The quantitative estimate of drug-likeness (QED) is 0.664. The Morgan fingerprint density at radius 1 is 1.28 bits per heavy atom. The summed E-state index contributed by atoms with van der Waals surface area (Å²) in [6, 6.07) is 11.6. The van der Waals surface area contributed by atoms with E-state index >= 15 is 0 Å². The van der Waals surface area contributed by atoms with Gasteiger partial charge in [0, 0.05) is 6.54 Å². The van der Waals surface area contributed by atoms with Crippen molar-refractivity contribution < 1.29 is 4.79 Å². The third kappa shape index (κ3) is 4.13. The van der Waals surface area contributed by atoms with Gasteiger partial charge in [0.05, 0.1) is 4.24 Å². The molecule has 0 aliphatic carbocycles. The number of nitrogens with one attached hydrogen (secondary N) is 1. The van der Waals surface area contributed by atoms with Crippen molar-refractivity contribution in [1.82, 2.24) is 5.32 Å². The van der Waals surface area contributed by atoms with Gasteiger partial charge in [-0.25, -0.2) is 0 Å². The van der Waals surface area contributed by atoms with Crippen LogP contribution in [0.4, 0.5) is 0 Å². The van der Waals surface area contributed by atoms with E-state index in [4.69, 9.17) is 5.26 Å². The standard InChI is InChI=1S/C13H14N2OS2/c1-17-13(18-2)11(8-14)12(16)15-9-10-6-4-3-5-7-10/h3-7H,9H2,1-2H3,(H,15,16). The van der Waals surface area contributed by atoms with E-state index in [1.54, 1.807) is 0 Å². The predicted octanol–water partition coefficient (Wildman–Crippen LogP) is 2.76. The minimum Gasteiger partial charge on any atom is -0.347 e. The zero-order valence-electron chi connectivity index (χ0n) is 10.3. The molecule has 94 valence electrons. The summed E-state index contributed by atoms with van der Waals surface area (Å²) in [5, 5.41) is 11.8. The summed E-state index contributed by atoms with van der Waals surface area (Å²) in [6.07, 6.45) is 3.71. The molecule has 0 aliphatic rings. The fourth-order valence-corrected chi connectivity index (χ4v) is 2.69. The van der Waals surface area contributed by atoms with Gasteiger partial charge in [-0.05, 0) is 18.1 Å². The lowest BCUT2D eigenvalue weighted by Gasteiger charge is -2.07. The highest BCUT2D eigenvalue weighted by atomic mass is 32.2. The third-order valence-corrected chi connectivity index (χ3v) is 4.36. The summed E-state index contributed by atoms with van der Waals surface area (Å²) in [5.74, 6) is -0.319. The first-order valence-electron chi connectivity index (χ1n) is 5.27. The van der Waals surface area contributed by atoms with Gasteiger partial charge < -0.3 is 5.32 Å². The van der Waals surface area contributed by atoms with Crippen molar-refractivity contribution in [2.45, 2.75) is 6.54 Å². The Kier molecular flexibility index (Phi) is 6.40. The lowest BCUT2D eigenvalue weighted by molar-refractivity contribution is -0.117. The van der Waals surface area contributed by atoms with Gasteiger partial charge in [0.1, 0.15) is 11.6 Å². The van der Waals surface area contributed by atoms with Crippen molar-refractivity contribution in [2.75, 3.05) is 12.5 Å². The largest absolute Gasteiger partial charge is 0.347 e. The maximum atomic E-state index is 11.9. The Hall–Kier alpha value is -1.38. The van der Waals surface area contributed by atoms with Gasteiger partial charge >= 0.3 is 0 Å². The topological polar surface area (TPSA) is 52.9 Å². The third-order valence-electron chi connectivity index (χ3n) is 2.21. The van der Waals surface area contributed by atoms with E-state index < -0.39 is 0 Å². The first-order valence-corrected chi connectivity index (χ1v) is 7.72. The number of carbonyl (C=O) groups excluding carboxylic acids is 1. The zero-order valence-corrected chi connectivity index (χ0v) is 11.9. The van der Waals surface area contributed by atoms with E-state index in [9.17, 15) is 4.79 Å². The fourth-order valence-electron chi connectivity index (χ4n) is 1.34. The average Bonchev–Trinajstić information content (AvgIpc) is 2.43. The molecule has 0 saturated carbocycles.